The van der Waals surface area contributed by atoms with E-state index in [1.807, 2.05) is 12.2 Å². The molecule has 6 atom stereocenters. The number of esters is 1. The van der Waals surface area contributed by atoms with E-state index in [4.69, 9.17) is 4.74 Å². The number of hydrogen-bond acceptors (Lipinski definition) is 5. The number of aliphatic hydroxyl groups is 2. The highest BCUT2D eigenvalue weighted by Crippen LogP contribution is 2.45. The molecule has 1 saturated heterocycles. The van der Waals surface area contributed by atoms with E-state index in [0.29, 0.717) is 18.8 Å². The van der Waals surface area contributed by atoms with Crippen LogP contribution in [-0.4, -0.2) is 41.6 Å². The van der Waals surface area contributed by atoms with Crippen LogP contribution >= 0.6 is 0 Å². The fourth-order valence-electron chi connectivity index (χ4n) is 5.35. The van der Waals surface area contributed by atoms with Gasteiger partial charge in [-0.05, 0) is 30.8 Å². The van der Waals surface area contributed by atoms with Crippen molar-refractivity contribution >= 4 is 5.97 Å². The van der Waals surface area contributed by atoms with Crippen molar-refractivity contribution in [2.75, 3.05) is 7.11 Å². The molecule has 3 aliphatic rings. The van der Waals surface area contributed by atoms with Crippen molar-refractivity contribution in [3.8, 4) is 0 Å². The summed E-state index contributed by atoms with van der Waals surface area (Å²) in [4.78, 5) is 11.2. The molecule has 1 aliphatic heterocycles. The first-order valence-electron chi connectivity index (χ1n) is 11.5. The molecule has 2 saturated carbocycles. The normalized spacial score (nSPS) is 33.6. The molecule has 1 heterocycles. The van der Waals surface area contributed by atoms with Crippen molar-refractivity contribution in [3.63, 3.8) is 0 Å². The summed E-state index contributed by atoms with van der Waals surface area (Å²) in [6.07, 6.45) is 15.0. The van der Waals surface area contributed by atoms with Crippen molar-refractivity contribution in [3.05, 3.63) is 24.0 Å². The fraction of sp³-hybridized carbons (Fsp3) is 0.792. The summed E-state index contributed by atoms with van der Waals surface area (Å²) in [6, 6.07) is 0. The lowest BCUT2D eigenvalue weighted by molar-refractivity contribution is -0.140. The molecule has 0 radical (unpaired) electrons. The van der Waals surface area contributed by atoms with Gasteiger partial charge in [-0.15, -0.1) is 0 Å². The number of carbonyl (C=O) groups is 1. The monoisotopic (exact) mass is 406 g/mol. The maximum Gasteiger partial charge on any atom is 0.305 e. The standard InChI is InChI=1S/C24H38O5/c1-16(17-8-4-3-5-9-17)21(25)13-12-19-20-14-18(29-23(20)15-22(19)26)10-6-7-11-24(27)28-2/h10,12-13,16-17,19-23,25-26H,3-9,11,14-15H2,1-2H3/b13-12+,18-10-/t16?,19-,20-,21+,22-,23-/m1/s1. The first-order valence-corrected chi connectivity index (χ1v) is 11.5. The predicted molar refractivity (Wildman–Crippen MR) is 112 cm³/mol. The first kappa shape index (κ1) is 22.4. The zero-order valence-corrected chi connectivity index (χ0v) is 18.0. The summed E-state index contributed by atoms with van der Waals surface area (Å²) < 4.78 is 10.7. The minimum Gasteiger partial charge on any atom is -0.495 e. The molecule has 3 rings (SSSR count). The second kappa shape index (κ2) is 10.6. The number of rotatable bonds is 8. The van der Waals surface area contributed by atoms with Gasteiger partial charge in [0, 0.05) is 31.1 Å². The van der Waals surface area contributed by atoms with Crippen LogP contribution in [0.4, 0.5) is 0 Å². The molecule has 29 heavy (non-hydrogen) atoms. The van der Waals surface area contributed by atoms with Crippen LogP contribution in [-0.2, 0) is 14.3 Å². The van der Waals surface area contributed by atoms with E-state index < -0.39 is 12.2 Å². The summed E-state index contributed by atoms with van der Waals surface area (Å²) >= 11 is 0. The average molecular weight is 407 g/mol. The SMILES string of the molecule is COC(=O)CCC/C=C1/C[C@@H]2[C@@H](/C=C/[C@H](O)C(C)C3CCCCC3)[C@H](O)C[C@H]2O1. The average Bonchev–Trinajstić information content (AvgIpc) is 3.25. The van der Waals surface area contributed by atoms with Crippen LogP contribution in [0.3, 0.4) is 0 Å². The van der Waals surface area contributed by atoms with Crippen molar-refractivity contribution in [2.24, 2.45) is 23.7 Å². The van der Waals surface area contributed by atoms with E-state index in [9.17, 15) is 15.0 Å². The third kappa shape index (κ3) is 5.85. The summed E-state index contributed by atoms with van der Waals surface area (Å²) in [7, 11) is 1.41. The van der Waals surface area contributed by atoms with Crippen molar-refractivity contribution in [1.82, 2.24) is 0 Å². The Morgan fingerprint density at radius 2 is 2.07 bits per heavy atom. The zero-order valence-electron chi connectivity index (χ0n) is 18.0. The van der Waals surface area contributed by atoms with Crippen LogP contribution in [0.5, 0.6) is 0 Å². The summed E-state index contributed by atoms with van der Waals surface area (Å²) in [5.74, 6) is 1.98. The number of ether oxygens (including phenoxy) is 2. The Morgan fingerprint density at radius 3 is 2.79 bits per heavy atom. The van der Waals surface area contributed by atoms with Gasteiger partial charge >= 0.3 is 5.97 Å². The first-order chi connectivity index (χ1) is 14.0. The summed E-state index contributed by atoms with van der Waals surface area (Å²) in [6.45, 7) is 2.16. The molecule has 1 unspecified atom stereocenters. The van der Waals surface area contributed by atoms with Gasteiger partial charge in [-0.25, -0.2) is 0 Å². The third-order valence-electron chi connectivity index (χ3n) is 7.28. The molecule has 0 aromatic rings. The molecule has 0 amide bonds. The lowest BCUT2D eigenvalue weighted by atomic mass is 9.78. The molecule has 5 nitrogen and oxygen atoms in total. The Bertz CT molecular complexity index is 592. The molecule has 164 valence electrons. The predicted octanol–water partition coefficient (Wildman–Crippen LogP) is 4.13. The number of aliphatic hydroxyl groups excluding tert-OH is 2. The maximum absolute atomic E-state index is 11.2. The van der Waals surface area contributed by atoms with Gasteiger partial charge in [0.1, 0.15) is 6.10 Å². The molecule has 0 bridgehead atoms. The smallest absolute Gasteiger partial charge is 0.305 e. The van der Waals surface area contributed by atoms with Crippen LogP contribution in [0.2, 0.25) is 0 Å². The van der Waals surface area contributed by atoms with Crippen LogP contribution in [0.15, 0.2) is 24.0 Å². The minimum atomic E-state index is -0.444. The summed E-state index contributed by atoms with van der Waals surface area (Å²) in [5.41, 5.74) is 0. The number of methoxy groups -OCH3 is 1. The van der Waals surface area contributed by atoms with E-state index in [1.54, 1.807) is 0 Å². The highest BCUT2D eigenvalue weighted by Gasteiger charge is 2.47. The maximum atomic E-state index is 11.2. The highest BCUT2D eigenvalue weighted by atomic mass is 16.5. The van der Waals surface area contributed by atoms with Gasteiger partial charge < -0.3 is 19.7 Å². The van der Waals surface area contributed by atoms with Gasteiger partial charge in [-0.2, -0.15) is 0 Å². The Kier molecular flexibility index (Phi) is 8.19. The van der Waals surface area contributed by atoms with Crippen molar-refractivity contribution in [1.29, 1.82) is 0 Å². The molecule has 2 aliphatic carbocycles. The number of carbonyl (C=O) groups excluding carboxylic acids is 1. The third-order valence-corrected chi connectivity index (χ3v) is 7.28. The van der Waals surface area contributed by atoms with Gasteiger partial charge in [0.15, 0.2) is 0 Å². The quantitative estimate of drug-likeness (QED) is 0.360. The van der Waals surface area contributed by atoms with E-state index in [1.165, 1.54) is 39.2 Å². The van der Waals surface area contributed by atoms with E-state index >= 15 is 0 Å². The Labute approximate surface area is 175 Å². The number of fused-ring (bicyclic) bond motifs is 1. The molecule has 0 aromatic heterocycles. The van der Waals surface area contributed by atoms with E-state index in [-0.39, 0.29) is 29.8 Å². The lowest BCUT2D eigenvalue weighted by Crippen LogP contribution is -2.26. The zero-order chi connectivity index (χ0) is 20.8. The van der Waals surface area contributed by atoms with Crippen LogP contribution in [0.1, 0.15) is 71.1 Å². The molecular formula is C24H38O5. The van der Waals surface area contributed by atoms with Crippen LogP contribution < -0.4 is 0 Å². The molecule has 5 heteroatoms. The van der Waals surface area contributed by atoms with Crippen molar-refractivity contribution in [2.45, 2.75) is 89.4 Å². The summed E-state index contributed by atoms with van der Waals surface area (Å²) in [5, 5.41) is 21.2. The minimum absolute atomic E-state index is 0.0363. The van der Waals surface area contributed by atoms with Crippen LogP contribution in [0.25, 0.3) is 0 Å². The van der Waals surface area contributed by atoms with Gasteiger partial charge in [-0.3, -0.25) is 4.79 Å². The van der Waals surface area contributed by atoms with Gasteiger partial charge in [0.25, 0.3) is 0 Å². The van der Waals surface area contributed by atoms with Gasteiger partial charge in [0.2, 0.25) is 0 Å². The second-order valence-electron chi connectivity index (χ2n) is 9.18. The van der Waals surface area contributed by atoms with Crippen molar-refractivity contribution < 1.29 is 24.5 Å². The van der Waals surface area contributed by atoms with Gasteiger partial charge in [-0.1, -0.05) is 51.2 Å². The molecule has 0 aromatic carbocycles. The Balaban J connectivity index is 1.51. The fourth-order valence-corrected chi connectivity index (χ4v) is 5.35. The number of hydrogen-bond donors (Lipinski definition) is 2. The van der Waals surface area contributed by atoms with Crippen LogP contribution in [0, 0.1) is 23.7 Å². The van der Waals surface area contributed by atoms with E-state index in [2.05, 4.69) is 17.7 Å². The van der Waals surface area contributed by atoms with E-state index in [0.717, 1.165) is 25.0 Å². The molecule has 3 fully saturated rings. The molecule has 0 spiro atoms. The molecule has 2 N–H and O–H groups in total. The highest BCUT2D eigenvalue weighted by molar-refractivity contribution is 5.69. The lowest BCUT2D eigenvalue weighted by Gasteiger charge is -2.30. The topological polar surface area (TPSA) is 76.0 Å². The Hall–Kier alpha value is -1.33. The Morgan fingerprint density at radius 1 is 1.31 bits per heavy atom. The molecular weight excluding hydrogens is 368 g/mol. The van der Waals surface area contributed by atoms with Gasteiger partial charge in [0.05, 0.1) is 25.1 Å². The number of unbranched alkanes of at least 4 members (excludes halogenated alkanes) is 1. The largest absolute Gasteiger partial charge is 0.495 e. The number of allylic oxidation sites excluding steroid dienone is 2. The second-order valence-corrected chi connectivity index (χ2v) is 9.18.